The highest BCUT2D eigenvalue weighted by atomic mass is 16.5. The lowest BCUT2D eigenvalue weighted by Gasteiger charge is -2.17. The Kier molecular flexibility index (Phi) is 2.12. The number of aliphatic carboxylic acids is 1. The minimum absolute atomic E-state index is 0.348. The molecule has 0 aromatic carbocycles. The van der Waals surface area contributed by atoms with Crippen molar-refractivity contribution in [1.82, 2.24) is 10.5 Å². The van der Waals surface area contributed by atoms with Crippen molar-refractivity contribution < 1.29 is 19.2 Å². The summed E-state index contributed by atoms with van der Waals surface area (Å²) in [6, 6.07) is -0.810. The lowest BCUT2D eigenvalue weighted by molar-refractivity contribution is -0.140. The first-order valence-electron chi connectivity index (χ1n) is 4.22. The van der Waals surface area contributed by atoms with E-state index in [-0.39, 0.29) is 0 Å². The van der Waals surface area contributed by atoms with Gasteiger partial charge in [-0.2, -0.15) is 0 Å². The van der Waals surface area contributed by atoms with Gasteiger partial charge in [0.1, 0.15) is 0 Å². The molecule has 0 bridgehead atoms. The maximum absolute atomic E-state index is 10.8. The van der Waals surface area contributed by atoms with Gasteiger partial charge in [0.05, 0.1) is 12.7 Å². The molecule has 76 valence electrons. The van der Waals surface area contributed by atoms with E-state index < -0.39 is 12.0 Å². The van der Waals surface area contributed by atoms with Gasteiger partial charge in [-0.25, -0.2) is 0 Å². The molecule has 0 spiro atoms. The standard InChI is InChI=1S/C8H10N2O4/c1-13-7-4-2-3-9-5(8(11)12)6(4)14-10-7/h5,9H,2-3H2,1H3,(H,11,12). The van der Waals surface area contributed by atoms with Gasteiger partial charge in [-0.3, -0.25) is 10.1 Å². The molecule has 1 atom stereocenters. The molecular weight excluding hydrogens is 188 g/mol. The summed E-state index contributed by atoms with van der Waals surface area (Å²) in [7, 11) is 1.48. The molecule has 14 heavy (non-hydrogen) atoms. The van der Waals surface area contributed by atoms with Gasteiger partial charge in [0.15, 0.2) is 11.8 Å². The number of methoxy groups -OCH3 is 1. The van der Waals surface area contributed by atoms with Crippen molar-refractivity contribution in [1.29, 1.82) is 0 Å². The first-order valence-corrected chi connectivity index (χ1v) is 4.22. The largest absolute Gasteiger partial charge is 0.480 e. The van der Waals surface area contributed by atoms with Crippen LogP contribution in [0.1, 0.15) is 17.4 Å². The smallest absolute Gasteiger partial charge is 0.328 e. The molecule has 0 fully saturated rings. The molecule has 6 heteroatoms. The molecule has 0 radical (unpaired) electrons. The zero-order valence-electron chi connectivity index (χ0n) is 7.61. The van der Waals surface area contributed by atoms with Crippen LogP contribution in [0, 0.1) is 0 Å². The summed E-state index contributed by atoms with van der Waals surface area (Å²) < 4.78 is 9.89. The van der Waals surface area contributed by atoms with E-state index in [1.54, 1.807) is 0 Å². The first kappa shape index (κ1) is 9.01. The van der Waals surface area contributed by atoms with Crippen molar-refractivity contribution in [3.05, 3.63) is 11.3 Å². The number of carbonyl (C=O) groups is 1. The Morgan fingerprint density at radius 3 is 3.21 bits per heavy atom. The molecule has 2 rings (SSSR count). The van der Waals surface area contributed by atoms with Gasteiger partial charge in [-0.05, 0) is 11.6 Å². The van der Waals surface area contributed by atoms with E-state index in [1.807, 2.05) is 0 Å². The maximum Gasteiger partial charge on any atom is 0.328 e. The van der Waals surface area contributed by atoms with Crippen molar-refractivity contribution in [3.63, 3.8) is 0 Å². The van der Waals surface area contributed by atoms with E-state index in [0.717, 1.165) is 5.56 Å². The second-order valence-corrected chi connectivity index (χ2v) is 3.01. The third-order valence-corrected chi connectivity index (χ3v) is 2.21. The number of nitrogens with zero attached hydrogens (tertiary/aromatic N) is 1. The molecule has 0 aliphatic carbocycles. The summed E-state index contributed by atoms with van der Waals surface area (Å²) in [5.74, 6) is -0.238. The zero-order valence-corrected chi connectivity index (χ0v) is 7.61. The molecule has 0 saturated heterocycles. The van der Waals surface area contributed by atoms with Crippen LogP contribution < -0.4 is 10.1 Å². The quantitative estimate of drug-likeness (QED) is 0.693. The van der Waals surface area contributed by atoms with Gasteiger partial charge in [-0.15, -0.1) is 0 Å². The number of hydrogen-bond donors (Lipinski definition) is 2. The highest BCUT2D eigenvalue weighted by Gasteiger charge is 2.32. The predicted molar refractivity (Wildman–Crippen MR) is 45.1 cm³/mol. The summed E-state index contributed by atoms with van der Waals surface area (Å²) >= 11 is 0. The van der Waals surface area contributed by atoms with Gasteiger partial charge in [0.25, 0.3) is 5.88 Å². The first-order chi connectivity index (χ1) is 6.74. The monoisotopic (exact) mass is 198 g/mol. The Labute approximate surface area is 79.8 Å². The molecule has 1 unspecified atom stereocenters. The van der Waals surface area contributed by atoms with E-state index in [9.17, 15) is 4.79 Å². The summed E-state index contributed by atoms with van der Waals surface area (Å²) in [6.45, 7) is 0.585. The van der Waals surface area contributed by atoms with Gasteiger partial charge >= 0.3 is 5.97 Å². The molecule has 2 heterocycles. The fourth-order valence-corrected chi connectivity index (χ4v) is 1.56. The van der Waals surface area contributed by atoms with Crippen LogP contribution >= 0.6 is 0 Å². The number of hydrogen-bond acceptors (Lipinski definition) is 5. The Hall–Kier alpha value is -1.56. The lowest BCUT2D eigenvalue weighted by Crippen LogP contribution is -2.34. The van der Waals surface area contributed by atoms with Crippen molar-refractivity contribution in [3.8, 4) is 5.88 Å². The van der Waals surface area contributed by atoms with Crippen LogP contribution in [0.25, 0.3) is 0 Å². The lowest BCUT2D eigenvalue weighted by atomic mass is 10.0. The minimum atomic E-state index is -0.968. The number of nitrogens with one attached hydrogen (secondary N) is 1. The number of carboxylic acid groups (broad SMARTS) is 1. The van der Waals surface area contributed by atoms with Crippen LogP contribution in [-0.2, 0) is 11.2 Å². The molecule has 0 amide bonds. The number of carboxylic acids is 1. The number of ether oxygens (including phenoxy) is 1. The van der Waals surface area contributed by atoms with Crippen molar-refractivity contribution in [2.75, 3.05) is 13.7 Å². The average molecular weight is 198 g/mol. The SMILES string of the molecule is COc1noc2c1CCNC2C(=O)O. The van der Waals surface area contributed by atoms with Crippen LogP contribution in [0.4, 0.5) is 0 Å². The number of rotatable bonds is 2. The molecule has 2 N–H and O–H groups in total. The Morgan fingerprint density at radius 1 is 1.79 bits per heavy atom. The Balaban J connectivity index is 2.40. The van der Waals surface area contributed by atoms with Crippen molar-refractivity contribution >= 4 is 5.97 Å². The summed E-state index contributed by atoms with van der Waals surface area (Å²) in [5, 5.41) is 15.3. The second-order valence-electron chi connectivity index (χ2n) is 3.01. The van der Waals surface area contributed by atoms with E-state index >= 15 is 0 Å². The zero-order chi connectivity index (χ0) is 10.1. The molecular formula is C8H10N2O4. The van der Waals surface area contributed by atoms with E-state index in [2.05, 4.69) is 10.5 Å². The predicted octanol–water partition coefficient (Wildman–Crippen LogP) is -0.0454. The Morgan fingerprint density at radius 2 is 2.57 bits per heavy atom. The minimum Gasteiger partial charge on any atom is -0.480 e. The highest BCUT2D eigenvalue weighted by Crippen LogP contribution is 2.29. The normalized spacial score (nSPS) is 20.2. The summed E-state index contributed by atoms with van der Waals surface area (Å²) in [6.07, 6.45) is 0.672. The van der Waals surface area contributed by atoms with Crippen LogP contribution in [0.3, 0.4) is 0 Å². The third kappa shape index (κ3) is 1.24. The Bertz CT molecular complexity index is 360. The average Bonchev–Trinajstić information content (AvgIpc) is 2.59. The number of aromatic nitrogens is 1. The van der Waals surface area contributed by atoms with Crippen molar-refractivity contribution in [2.45, 2.75) is 12.5 Å². The summed E-state index contributed by atoms with van der Waals surface area (Å²) in [4.78, 5) is 10.8. The van der Waals surface area contributed by atoms with E-state index in [0.29, 0.717) is 24.6 Å². The fraction of sp³-hybridized carbons (Fsp3) is 0.500. The topological polar surface area (TPSA) is 84.6 Å². The van der Waals surface area contributed by atoms with E-state index in [4.69, 9.17) is 14.4 Å². The summed E-state index contributed by atoms with van der Waals surface area (Å²) in [5.41, 5.74) is 0.749. The molecule has 0 saturated carbocycles. The van der Waals surface area contributed by atoms with Crippen LogP contribution in [0.15, 0.2) is 4.52 Å². The molecule has 1 aliphatic rings. The maximum atomic E-state index is 10.8. The van der Waals surface area contributed by atoms with Crippen LogP contribution in [0.2, 0.25) is 0 Å². The van der Waals surface area contributed by atoms with Gasteiger partial charge < -0.3 is 14.4 Å². The second kappa shape index (κ2) is 3.30. The molecule has 1 aliphatic heterocycles. The van der Waals surface area contributed by atoms with E-state index in [1.165, 1.54) is 7.11 Å². The molecule has 1 aromatic rings. The van der Waals surface area contributed by atoms with Crippen LogP contribution in [-0.4, -0.2) is 29.9 Å². The molecule has 6 nitrogen and oxygen atoms in total. The highest BCUT2D eigenvalue weighted by molar-refractivity contribution is 5.75. The van der Waals surface area contributed by atoms with Gasteiger partial charge in [0, 0.05) is 6.54 Å². The fourth-order valence-electron chi connectivity index (χ4n) is 1.56. The van der Waals surface area contributed by atoms with Gasteiger partial charge in [-0.1, -0.05) is 0 Å². The number of fused-ring (bicyclic) bond motifs is 1. The van der Waals surface area contributed by atoms with Gasteiger partial charge in [0.2, 0.25) is 0 Å². The van der Waals surface area contributed by atoms with Crippen LogP contribution in [0.5, 0.6) is 5.88 Å². The molecule has 1 aromatic heterocycles. The third-order valence-electron chi connectivity index (χ3n) is 2.21. The van der Waals surface area contributed by atoms with Crippen molar-refractivity contribution in [2.24, 2.45) is 0 Å².